The number of pyridine rings is 1. The van der Waals surface area contributed by atoms with Crippen LogP contribution in [0.4, 0.5) is 5.82 Å². The average molecular weight is 359 g/mol. The Bertz CT molecular complexity index is 1040. The van der Waals surface area contributed by atoms with E-state index >= 15 is 0 Å². The molecule has 1 aliphatic heterocycles. The second-order valence-corrected chi connectivity index (χ2v) is 6.35. The number of nitrogens with zero attached hydrogens (tertiary/aromatic N) is 7. The minimum absolute atomic E-state index is 0.0307. The van der Waals surface area contributed by atoms with E-state index in [2.05, 4.69) is 31.2 Å². The molecule has 0 spiro atoms. The Hall–Kier alpha value is -3.60. The van der Waals surface area contributed by atoms with Crippen molar-refractivity contribution in [2.24, 2.45) is 0 Å². The number of anilines is 1. The van der Waals surface area contributed by atoms with Crippen LogP contribution in [-0.2, 0) is 6.54 Å². The zero-order chi connectivity index (χ0) is 18.6. The Morgan fingerprint density at radius 2 is 2.15 bits per heavy atom. The maximum Gasteiger partial charge on any atom is 0.266 e. The van der Waals surface area contributed by atoms with Crippen molar-refractivity contribution in [2.75, 3.05) is 11.4 Å². The summed E-state index contributed by atoms with van der Waals surface area (Å²) in [5.41, 5.74) is 1.88. The predicted molar refractivity (Wildman–Crippen MR) is 98.8 cm³/mol. The van der Waals surface area contributed by atoms with Crippen LogP contribution in [0, 0.1) is 11.3 Å². The number of hydrogen-bond acceptors (Lipinski definition) is 7. The third-order valence-corrected chi connectivity index (χ3v) is 4.68. The lowest BCUT2D eigenvalue weighted by Gasteiger charge is -2.26. The molecular weight excluding hydrogens is 342 g/mol. The maximum atomic E-state index is 12.3. The summed E-state index contributed by atoms with van der Waals surface area (Å²) in [5.74, 6) is 0.568. The Morgan fingerprint density at radius 1 is 1.22 bits per heavy atom. The quantitative estimate of drug-likeness (QED) is 0.698. The summed E-state index contributed by atoms with van der Waals surface area (Å²) in [7, 11) is 0. The molecule has 4 heterocycles. The summed E-state index contributed by atoms with van der Waals surface area (Å²) < 4.78 is 1.48. The van der Waals surface area contributed by atoms with Crippen LogP contribution in [0.2, 0.25) is 0 Å². The Kier molecular flexibility index (Phi) is 4.58. The molecule has 0 saturated carbocycles. The smallest absolute Gasteiger partial charge is 0.266 e. The first kappa shape index (κ1) is 16.8. The molecule has 3 aromatic rings. The fourth-order valence-electron chi connectivity index (χ4n) is 3.38. The van der Waals surface area contributed by atoms with E-state index in [4.69, 9.17) is 0 Å². The van der Waals surface area contributed by atoms with Crippen LogP contribution in [-0.4, -0.2) is 37.5 Å². The topological polar surface area (TPSA) is 101 Å². The van der Waals surface area contributed by atoms with Gasteiger partial charge in [-0.25, -0.2) is 4.68 Å². The summed E-state index contributed by atoms with van der Waals surface area (Å²) >= 11 is 0. The Balaban J connectivity index is 1.64. The summed E-state index contributed by atoms with van der Waals surface area (Å²) in [4.78, 5) is 18.5. The van der Waals surface area contributed by atoms with Gasteiger partial charge < -0.3 is 4.90 Å². The minimum atomic E-state index is -0.158. The van der Waals surface area contributed by atoms with E-state index < -0.39 is 0 Å². The molecule has 0 N–H and O–H groups in total. The van der Waals surface area contributed by atoms with Gasteiger partial charge in [0.25, 0.3) is 5.56 Å². The molecule has 1 atom stereocenters. The van der Waals surface area contributed by atoms with Crippen LogP contribution in [0.1, 0.15) is 18.4 Å². The molecule has 8 nitrogen and oxygen atoms in total. The fraction of sp³-hybridized carbons (Fsp3) is 0.263. The van der Waals surface area contributed by atoms with Gasteiger partial charge in [0.05, 0.1) is 30.0 Å². The molecule has 0 amide bonds. The largest absolute Gasteiger partial charge is 0.349 e. The van der Waals surface area contributed by atoms with Crippen molar-refractivity contribution in [3.8, 4) is 17.3 Å². The Morgan fingerprint density at radius 3 is 2.96 bits per heavy atom. The number of nitriles is 1. The molecule has 0 bridgehead atoms. The van der Waals surface area contributed by atoms with E-state index in [9.17, 15) is 10.1 Å². The van der Waals surface area contributed by atoms with Crippen LogP contribution >= 0.6 is 0 Å². The highest BCUT2D eigenvalue weighted by Crippen LogP contribution is 2.26. The van der Waals surface area contributed by atoms with Gasteiger partial charge in [-0.3, -0.25) is 9.78 Å². The summed E-state index contributed by atoms with van der Waals surface area (Å²) in [6.07, 6.45) is 6.79. The number of rotatable bonds is 4. The monoisotopic (exact) mass is 359 g/mol. The lowest BCUT2D eigenvalue weighted by Crippen LogP contribution is -2.38. The first-order chi connectivity index (χ1) is 13.3. The lowest BCUT2D eigenvalue weighted by atomic mass is 10.2. The van der Waals surface area contributed by atoms with Crippen molar-refractivity contribution in [3.63, 3.8) is 0 Å². The van der Waals surface area contributed by atoms with Crippen molar-refractivity contribution >= 4 is 5.82 Å². The molecule has 0 radical (unpaired) electrons. The molecule has 1 unspecified atom stereocenters. The second kappa shape index (κ2) is 7.33. The van der Waals surface area contributed by atoms with Gasteiger partial charge in [0, 0.05) is 30.6 Å². The van der Waals surface area contributed by atoms with Gasteiger partial charge in [0.1, 0.15) is 6.07 Å². The lowest BCUT2D eigenvalue weighted by molar-refractivity contribution is 0.488. The molecule has 134 valence electrons. The van der Waals surface area contributed by atoms with Gasteiger partial charge in [-0.1, -0.05) is 0 Å². The highest BCUT2D eigenvalue weighted by atomic mass is 16.1. The van der Waals surface area contributed by atoms with Gasteiger partial charge in [-0.15, -0.1) is 5.10 Å². The SMILES string of the molecule is N#Cc1ccnnc1N1CCCC1Cn1nc(-c2cccnc2)ccc1=O. The van der Waals surface area contributed by atoms with Gasteiger partial charge in [-0.05, 0) is 37.1 Å². The van der Waals surface area contributed by atoms with Gasteiger partial charge in [0.15, 0.2) is 5.82 Å². The zero-order valence-electron chi connectivity index (χ0n) is 14.6. The van der Waals surface area contributed by atoms with Gasteiger partial charge >= 0.3 is 0 Å². The number of aromatic nitrogens is 5. The van der Waals surface area contributed by atoms with E-state index in [1.807, 2.05) is 12.1 Å². The van der Waals surface area contributed by atoms with E-state index in [1.165, 1.54) is 16.9 Å². The first-order valence-electron chi connectivity index (χ1n) is 8.73. The molecule has 27 heavy (non-hydrogen) atoms. The predicted octanol–water partition coefficient (Wildman–Crippen LogP) is 1.64. The van der Waals surface area contributed by atoms with Gasteiger partial charge in [0.2, 0.25) is 0 Å². The summed E-state index contributed by atoms with van der Waals surface area (Å²) in [6, 6.07) is 10.8. The first-order valence-corrected chi connectivity index (χ1v) is 8.73. The summed E-state index contributed by atoms with van der Waals surface area (Å²) in [6.45, 7) is 1.20. The van der Waals surface area contributed by atoms with E-state index in [-0.39, 0.29) is 11.6 Å². The fourth-order valence-corrected chi connectivity index (χ4v) is 3.38. The zero-order valence-corrected chi connectivity index (χ0v) is 14.6. The Labute approximate surface area is 155 Å². The van der Waals surface area contributed by atoms with Crippen molar-refractivity contribution in [1.29, 1.82) is 5.26 Å². The molecule has 4 rings (SSSR count). The van der Waals surface area contributed by atoms with Crippen LogP contribution in [0.5, 0.6) is 0 Å². The molecule has 0 aromatic carbocycles. The van der Waals surface area contributed by atoms with Crippen LogP contribution < -0.4 is 10.5 Å². The number of hydrogen-bond donors (Lipinski definition) is 0. The molecule has 0 aliphatic carbocycles. The highest BCUT2D eigenvalue weighted by Gasteiger charge is 2.28. The molecular formula is C19H17N7O. The van der Waals surface area contributed by atoms with Crippen LogP contribution in [0.15, 0.2) is 53.7 Å². The van der Waals surface area contributed by atoms with Crippen molar-refractivity contribution in [2.45, 2.75) is 25.4 Å². The van der Waals surface area contributed by atoms with Crippen molar-refractivity contribution < 1.29 is 0 Å². The molecule has 8 heteroatoms. The standard InChI is InChI=1S/C19H17N7O/c20-11-14-7-9-22-23-19(14)25-10-2-4-16(25)13-26-18(27)6-5-17(24-26)15-3-1-8-21-12-15/h1,3,5-9,12,16H,2,4,10,13H2. The molecule has 1 fully saturated rings. The average Bonchev–Trinajstić information content (AvgIpc) is 3.18. The van der Waals surface area contributed by atoms with Crippen molar-refractivity contribution in [1.82, 2.24) is 25.0 Å². The third kappa shape index (κ3) is 3.40. The maximum absolute atomic E-state index is 12.3. The van der Waals surface area contributed by atoms with E-state index in [0.29, 0.717) is 23.6 Å². The van der Waals surface area contributed by atoms with Crippen LogP contribution in [0.3, 0.4) is 0 Å². The minimum Gasteiger partial charge on any atom is -0.349 e. The molecule has 3 aromatic heterocycles. The second-order valence-electron chi connectivity index (χ2n) is 6.35. The van der Waals surface area contributed by atoms with E-state index in [1.54, 1.807) is 24.5 Å². The third-order valence-electron chi connectivity index (χ3n) is 4.68. The molecule has 1 aliphatic rings. The summed E-state index contributed by atoms with van der Waals surface area (Å²) in [5, 5.41) is 21.9. The van der Waals surface area contributed by atoms with Crippen LogP contribution in [0.25, 0.3) is 11.3 Å². The normalized spacial score (nSPS) is 16.3. The molecule has 1 saturated heterocycles. The van der Waals surface area contributed by atoms with E-state index in [0.717, 1.165) is 24.9 Å². The highest BCUT2D eigenvalue weighted by molar-refractivity contribution is 5.56. The van der Waals surface area contributed by atoms with Crippen molar-refractivity contribution in [3.05, 3.63) is 64.8 Å². The van der Waals surface area contributed by atoms with Gasteiger partial charge in [-0.2, -0.15) is 15.5 Å².